The molecule has 0 spiro atoms. The number of hydrogen-bond acceptors (Lipinski definition) is 1. The van der Waals surface area contributed by atoms with Crippen molar-refractivity contribution in [2.24, 2.45) is 5.92 Å². The summed E-state index contributed by atoms with van der Waals surface area (Å²) in [6.45, 7) is 0.606. The highest BCUT2D eigenvalue weighted by Gasteiger charge is 2.14. The molecule has 0 aromatic heterocycles. The number of hydrogen-bond donors (Lipinski definition) is 2. The standard InChI is InChI=1S/C14H18F2N2O/c15-11-6-7-13(12(16)8-11)18-14(19)17-9-10-4-2-1-3-5-10/h6-8,10H,1-5,9H2,(H2,17,18,19). The van der Waals surface area contributed by atoms with Gasteiger partial charge >= 0.3 is 6.03 Å². The number of nitrogens with one attached hydrogen (secondary N) is 2. The Bertz CT molecular complexity index is 445. The van der Waals surface area contributed by atoms with Gasteiger partial charge in [0, 0.05) is 12.6 Å². The molecule has 1 aliphatic carbocycles. The van der Waals surface area contributed by atoms with E-state index in [1.807, 2.05) is 0 Å². The van der Waals surface area contributed by atoms with Crippen LogP contribution in [-0.2, 0) is 0 Å². The van der Waals surface area contributed by atoms with E-state index in [1.54, 1.807) is 0 Å². The third-order valence-electron chi connectivity index (χ3n) is 3.46. The molecule has 0 unspecified atom stereocenters. The first-order valence-electron chi connectivity index (χ1n) is 6.65. The van der Waals surface area contributed by atoms with Crippen LogP contribution >= 0.6 is 0 Å². The number of anilines is 1. The maximum absolute atomic E-state index is 13.3. The minimum absolute atomic E-state index is 0.0115. The summed E-state index contributed by atoms with van der Waals surface area (Å²) in [6.07, 6.45) is 5.95. The average Bonchev–Trinajstić information content (AvgIpc) is 2.41. The Kier molecular flexibility index (Phi) is 4.71. The van der Waals surface area contributed by atoms with Crippen molar-refractivity contribution in [3.05, 3.63) is 29.8 Å². The SMILES string of the molecule is O=C(NCC1CCCCC1)Nc1ccc(F)cc1F. The molecule has 2 rings (SSSR count). The number of halogens is 2. The minimum atomic E-state index is -0.771. The lowest BCUT2D eigenvalue weighted by atomic mass is 9.89. The first-order chi connectivity index (χ1) is 9.15. The van der Waals surface area contributed by atoms with Crippen LogP contribution in [0.3, 0.4) is 0 Å². The Balaban J connectivity index is 1.80. The van der Waals surface area contributed by atoms with Crippen molar-refractivity contribution < 1.29 is 13.6 Å². The zero-order valence-electron chi connectivity index (χ0n) is 10.7. The molecule has 0 heterocycles. The van der Waals surface area contributed by atoms with E-state index >= 15 is 0 Å². The van der Waals surface area contributed by atoms with Crippen molar-refractivity contribution >= 4 is 11.7 Å². The molecule has 1 aromatic rings. The summed E-state index contributed by atoms with van der Waals surface area (Å²) in [5.41, 5.74) is -0.0115. The van der Waals surface area contributed by atoms with Gasteiger partial charge in [0.25, 0.3) is 0 Å². The van der Waals surface area contributed by atoms with Gasteiger partial charge in [0.1, 0.15) is 11.6 Å². The van der Waals surface area contributed by atoms with Crippen LogP contribution in [0.15, 0.2) is 18.2 Å². The van der Waals surface area contributed by atoms with Crippen LogP contribution in [0.2, 0.25) is 0 Å². The molecule has 1 saturated carbocycles. The smallest absolute Gasteiger partial charge is 0.319 e. The van der Waals surface area contributed by atoms with Crippen LogP contribution < -0.4 is 10.6 Å². The predicted octanol–water partition coefficient (Wildman–Crippen LogP) is 3.67. The first kappa shape index (κ1) is 13.8. The van der Waals surface area contributed by atoms with Crippen molar-refractivity contribution in [2.75, 3.05) is 11.9 Å². The van der Waals surface area contributed by atoms with Crippen LogP contribution in [0.1, 0.15) is 32.1 Å². The Morgan fingerprint density at radius 1 is 1.21 bits per heavy atom. The molecule has 0 aliphatic heterocycles. The van der Waals surface area contributed by atoms with Gasteiger partial charge in [-0.15, -0.1) is 0 Å². The Hall–Kier alpha value is -1.65. The fourth-order valence-corrected chi connectivity index (χ4v) is 2.39. The van der Waals surface area contributed by atoms with Gasteiger partial charge in [0.05, 0.1) is 5.69 Å². The van der Waals surface area contributed by atoms with Gasteiger partial charge < -0.3 is 10.6 Å². The maximum Gasteiger partial charge on any atom is 0.319 e. The van der Waals surface area contributed by atoms with Gasteiger partial charge in [-0.25, -0.2) is 13.6 Å². The van der Waals surface area contributed by atoms with Crippen LogP contribution in [-0.4, -0.2) is 12.6 Å². The van der Waals surface area contributed by atoms with E-state index in [0.717, 1.165) is 25.0 Å². The summed E-state index contributed by atoms with van der Waals surface area (Å²) in [7, 11) is 0. The van der Waals surface area contributed by atoms with Crippen LogP contribution in [0.25, 0.3) is 0 Å². The zero-order chi connectivity index (χ0) is 13.7. The molecular weight excluding hydrogens is 250 g/mol. The fraction of sp³-hybridized carbons (Fsp3) is 0.500. The largest absolute Gasteiger partial charge is 0.338 e. The van der Waals surface area contributed by atoms with E-state index in [4.69, 9.17) is 0 Å². The lowest BCUT2D eigenvalue weighted by molar-refractivity contribution is 0.247. The average molecular weight is 268 g/mol. The summed E-state index contributed by atoms with van der Waals surface area (Å²) >= 11 is 0. The number of urea groups is 1. The monoisotopic (exact) mass is 268 g/mol. The highest BCUT2D eigenvalue weighted by atomic mass is 19.1. The molecule has 2 amide bonds. The first-order valence-corrected chi connectivity index (χ1v) is 6.65. The fourth-order valence-electron chi connectivity index (χ4n) is 2.39. The molecule has 0 atom stereocenters. The Labute approximate surface area is 111 Å². The molecule has 0 saturated heterocycles. The van der Waals surface area contributed by atoms with E-state index in [1.165, 1.54) is 25.3 Å². The zero-order valence-corrected chi connectivity index (χ0v) is 10.7. The lowest BCUT2D eigenvalue weighted by Crippen LogP contribution is -2.33. The van der Waals surface area contributed by atoms with Crippen molar-refractivity contribution in [1.82, 2.24) is 5.32 Å². The number of benzene rings is 1. The molecule has 19 heavy (non-hydrogen) atoms. The summed E-state index contributed by atoms with van der Waals surface area (Å²) in [5, 5.41) is 5.12. The highest BCUT2D eigenvalue weighted by Crippen LogP contribution is 2.22. The summed E-state index contributed by atoms with van der Waals surface area (Å²) in [4.78, 5) is 11.6. The van der Waals surface area contributed by atoms with E-state index in [-0.39, 0.29) is 5.69 Å². The number of amides is 2. The lowest BCUT2D eigenvalue weighted by Gasteiger charge is -2.21. The minimum Gasteiger partial charge on any atom is -0.338 e. The van der Waals surface area contributed by atoms with Gasteiger partial charge in [0.15, 0.2) is 0 Å². The van der Waals surface area contributed by atoms with Crippen molar-refractivity contribution in [3.63, 3.8) is 0 Å². The van der Waals surface area contributed by atoms with Gasteiger partial charge in [-0.3, -0.25) is 0 Å². The summed E-state index contributed by atoms with van der Waals surface area (Å²) < 4.78 is 26.0. The van der Waals surface area contributed by atoms with E-state index in [9.17, 15) is 13.6 Å². The maximum atomic E-state index is 13.3. The molecule has 0 radical (unpaired) electrons. The van der Waals surface area contributed by atoms with Crippen molar-refractivity contribution in [2.45, 2.75) is 32.1 Å². The number of rotatable bonds is 3. The normalized spacial score (nSPS) is 16.1. The quantitative estimate of drug-likeness (QED) is 0.863. The Morgan fingerprint density at radius 3 is 2.63 bits per heavy atom. The molecule has 5 heteroatoms. The topological polar surface area (TPSA) is 41.1 Å². The molecule has 104 valence electrons. The molecule has 3 nitrogen and oxygen atoms in total. The predicted molar refractivity (Wildman–Crippen MR) is 70.0 cm³/mol. The van der Waals surface area contributed by atoms with Gasteiger partial charge in [0.2, 0.25) is 0 Å². The van der Waals surface area contributed by atoms with E-state index in [2.05, 4.69) is 10.6 Å². The summed E-state index contributed by atoms with van der Waals surface area (Å²) in [6, 6.07) is 2.62. The second-order valence-electron chi connectivity index (χ2n) is 4.96. The summed E-state index contributed by atoms with van der Waals surface area (Å²) in [5.74, 6) is -0.920. The second-order valence-corrected chi connectivity index (χ2v) is 4.96. The Morgan fingerprint density at radius 2 is 1.95 bits per heavy atom. The number of carbonyl (C=O) groups is 1. The van der Waals surface area contributed by atoms with Gasteiger partial charge in [-0.05, 0) is 30.9 Å². The van der Waals surface area contributed by atoms with Gasteiger partial charge in [-0.2, -0.15) is 0 Å². The van der Waals surface area contributed by atoms with Crippen LogP contribution in [0, 0.1) is 17.6 Å². The van der Waals surface area contributed by atoms with E-state index in [0.29, 0.717) is 12.5 Å². The molecular formula is C14H18F2N2O. The van der Waals surface area contributed by atoms with E-state index < -0.39 is 17.7 Å². The molecule has 2 N–H and O–H groups in total. The van der Waals surface area contributed by atoms with Crippen LogP contribution in [0.5, 0.6) is 0 Å². The second kappa shape index (κ2) is 6.50. The van der Waals surface area contributed by atoms with Crippen LogP contribution in [0.4, 0.5) is 19.3 Å². The van der Waals surface area contributed by atoms with Crippen molar-refractivity contribution in [3.8, 4) is 0 Å². The third kappa shape index (κ3) is 4.19. The number of carbonyl (C=O) groups excluding carboxylic acids is 1. The molecule has 1 aliphatic rings. The molecule has 0 bridgehead atoms. The molecule has 1 fully saturated rings. The van der Waals surface area contributed by atoms with Gasteiger partial charge in [-0.1, -0.05) is 19.3 Å². The van der Waals surface area contributed by atoms with Crippen molar-refractivity contribution in [1.29, 1.82) is 0 Å². The highest BCUT2D eigenvalue weighted by molar-refractivity contribution is 5.89. The third-order valence-corrected chi connectivity index (χ3v) is 3.46. The molecule has 1 aromatic carbocycles.